The standard InChI is InChI=1S/C21H27N5O2S/c1-14-8-16(9-23-18(14)22)17-10-26(19(24-17)15-2-3-15)21-11-20(12-21,13-21)25-4-6-29(27,28)7-5-25/h8-10,15H,2-7,11-13H2,1H3,(H2,22,23). The van der Waals surface area contributed by atoms with Gasteiger partial charge >= 0.3 is 0 Å². The smallest absolute Gasteiger partial charge is 0.152 e. The number of pyridine rings is 1. The molecule has 5 fully saturated rings. The van der Waals surface area contributed by atoms with Gasteiger partial charge in [-0.25, -0.2) is 18.4 Å². The first kappa shape index (κ1) is 17.9. The molecule has 0 atom stereocenters. The Morgan fingerprint density at radius 2 is 1.83 bits per heavy atom. The molecule has 0 aromatic carbocycles. The van der Waals surface area contributed by atoms with Crippen LogP contribution in [0.5, 0.6) is 0 Å². The molecule has 5 aliphatic rings. The number of hydrogen-bond acceptors (Lipinski definition) is 6. The average molecular weight is 414 g/mol. The van der Waals surface area contributed by atoms with Crippen molar-refractivity contribution in [2.24, 2.45) is 0 Å². The zero-order valence-corrected chi connectivity index (χ0v) is 17.6. The largest absolute Gasteiger partial charge is 0.383 e. The number of rotatable bonds is 4. The minimum absolute atomic E-state index is 0.176. The van der Waals surface area contributed by atoms with E-state index in [9.17, 15) is 8.42 Å². The van der Waals surface area contributed by atoms with Gasteiger partial charge < -0.3 is 10.3 Å². The molecule has 0 unspecified atom stereocenters. The molecule has 0 amide bonds. The van der Waals surface area contributed by atoms with Crippen molar-refractivity contribution in [1.29, 1.82) is 0 Å². The van der Waals surface area contributed by atoms with E-state index in [1.807, 2.05) is 13.1 Å². The van der Waals surface area contributed by atoms with E-state index < -0.39 is 9.84 Å². The van der Waals surface area contributed by atoms with E-state index in [4.69, 9.17) is 10.7 Å². The topological polar surface area (TPSA) is 94.1 Å². The summed E-state index contributed by atoms with van der Waals surface area (Å²) in [6.45, 7) is 3.37. The SMILES string of the molecule is Cc1cc(-c2cn(C34CC(N5CCS(=O)(=O)CC5)(C3)C4)c(C3CC3)n2)cnc1N. The Hall–Kier alpha value is -1.93. The van der Waals surface area contributed by atoms with Crippen LogP contribution in [0.3, 0.4) is 0 Å². The van der Waals surface area contributed by atoms with Crippen LogP contribution in [0, 0.1) is 6.92 Å². The fourth-order valence-corrected chi connectivity index (χ4v) is 6.93. The molecule has 4 saturated carbocycles. The molecule has 2 aromatic heterocycles. The molecule has 4 aliphatic carbocycles. The normalized spacial score (nSPS) is 33.1. The summed E-state index contributed by atoms with van der Waals surface area (Å²) in [6.07, 6.45) is 9.85. The quantitative estimate of drug-likeness (QED) is 0.825. The van der Waals surface area contributed by atoms with Gasteiger partial charge in [-0.05, 0) is 50.7 Å². The van der Waals surface area contributed by atoms with Crippen LogP contribution < -0.4 is 5.73 Å². The van der Waals surface area contributed by atoms with Crippen molar-refractivity contribution in [2.75, 3.05) is 30.3 Å². The van der Waals surface area contributed by atoms with E-state index in [-0.39, 0.29) is 11.1 Å². The van der Waals surface area contributed by atoms with Gasteiger partial charge in [-0.3, -0.25) is 4.90 Å². The zero-order chi connectivity index (χ0) is 20.0. The predicted molar refractivity (Wildman–Crippen MR) is 111 cm³/mol. The lowest BCUT2D eigenvalue weighted by molar-refractivity contribution is -0.205. The van der Waals surface area contributed by atoms with E-state index >= 15 is 0 Å². The first-order valence-corrected chi connectivity index (χ1v) is 12.4. The Labute approximate surface area is 171 Å². The third kappa shape index (κ3) is 2.61. The number of imidazole rings is 1. The van der Waals surface area contributed by atoms with Crippen LogP contribution in [0.2, 0.25) is 0 Å². The van der Waals surface area contributed by atoms with E-state index in [1.54, 1.807) is 0 Å². The molecule has 2 bridgehead atoms. The molecular weight excluding hydrogens is 386 g/mol. The Morgan fingerprint density at radius 1 is 1.14 bits per heavy atom. The van der Waals surface area contributed by atoms with Crippen molar-refractivity contribution >= 4 is 15.7 Å². The van der Waals surface area contributed by atoms with Crippen LogP contribution in [-0.2, 0) is 15.4 Å². The zero-order valence-electron chi connectivity index (χ0n) is 16.8. The molecule has 1 saturated heterocycles. The minimum atomic E-state index is -2.83. The Balaban J connectivity index is 1.27. The molecule has 7 nitrogen and oxygen atoms in total. The van der Waals surface area contributed by atoms with E-state index in [0.29, 0.717) is 36.3 Å². The third-order valence-corrected chi connectivity index (χ3v) is 9.20. The van der Waals surface area contributed by atoms with Crippen LogP contribution in [0.4, 0.5) is 5.82 Å². The van der Waals surface area contributed by atoms with E-state index in [2.05, 4.69) is 26.7 Å². The number of nitrogen functional groups attached to an aromatic ring is 1. The first-order valence-electron chi connectivity index (χ1n) is 10.6. The molecule has 154 valence electrons. The third-order valence-electron chi connectivity index (χ3n) is 7.59. The summed E-state index contributed by atoms with van der Waals surface area (Å²) in [7, 11) is -2.83. The second-order valence-corrected chi connectivity index (χ2v) is 12.0. The average Bonchev–Trinajstić information content (AvgIpc) is 3.36. The predicted octanol–water partition coefficient (Wildman–Crippen LogP) is 2.08. The van der Waals surface area contributed by atoms with Crippen LogP contribution in [0.25, 0.3) is 11.3 Å². The lowest BCUT2D eigenvalue weighted by Crippen LogP contribution is -2.79. The Kier molecular flexibility index (Phi) is 3.46. The van der Waals surface area contributed by atoms with E-state index in [0.717, 1.165) is 36.1 Å². The highest BCUT2D eigenvalue weighted by atomic mass is 32.2. The van der Waals surface area contributed by atoms with Crippen LogP contribution in [0.15, 0.2) is 18.5 Å². The van der Waals surface area contributed by atoms with Gasteiger partial charge in [0.05, 0.1) is 22.7 Å². The van der Waals surface area contributed by atoms with Gasteiger partial charge in [0.2, 0.25) is 0 Å². The maximum atomic E-state index is 11.8. The number of hydrogen-bond donors (Lipinski definition) is 1. The molecule has 3 heterocycles. The molecule has 2 N–H and O–H groups in total. The van der Waals surface area contributed by atoms with Crippen molar-refractivity contribution in [3.05, 3.63) is 29.8 Å². The summed E-state index contributed by atoms with van der Waals surface area (Å²) in [5, 5.41) is 0. The number of anilines is 1. The summed E-state index contributed by atoms with van der Waals surface area (Å²) in [5.41, 5.74) is 9.29. The van der Waals surface area contributed by atoms with Gasteiger partial charge in [0, 0.05) is 42.5 Å². The van der Waals surface area contributed by atoms with E-state index in [1.165, 1.54) is 18.7 Å². The molecule has 0 spiro atoms. The minimum Gasteiger partial charge on any atom is -0.383 e. The highest BCUT2D eigenvalue weighted by Gasteiger charge is 2.71. The van der Waals surface area contributed by atoms with Crippen LogP contribution >= 0.6 is 0 Å². The molecule has 0 radical (unpaired) electrons. The van der Waals surface area contributed by atoms with Gasteiger partial charge in [0.25, 0.3) is 0 Å². The monoisotopic (exact) mass is 413 g/mol. The van der Waals surface area contributed by atoms with Crippen molar-refractivity contribution in [2.45, 2.75) is 56.0 Å². The second kappa shape index (κ2) is 5.60. The van der Waals surface area contributed by atoms with Crippen molar-refractivity contribution in [3.8, 4) is 11.3 Å². The van der Waals surface area contributed by atoms with Gasteiger partial charge in [-0.15, -0.1) is 0 Å². The Bertz CT molecular complexity index is 1080. The molecule has 29 heavy (non-hydrogen) atoms. The molecule has 1 aliphatic heterocycles. The van der Waals surface area contributed by atoms with Crippen LogP contribution in [0.1, 0.15) is 49.4 Å². The summed E-state index contributed by atoms with van der Waals surface area (Å²) in [6, 6.07) is 2.07. The number of aryl methyl sites for hydroxylation is 1. The van der Waals surface area contributed by atoms with Gasteiger partial charge in [-0.1, -0.05) is 0 Å². The summed E-state index contributed by atoms with van der Waals surface area (Å²) in [4.78, 5) is 11.8. The van der Waals surface area contributed by atoms with Crippen molar-refractivity contribution in [1.82, 2.24) is 19.4 Å². The lowest BCUT2D eigenvalue weighted by Gasteiger charge is -2.74. The fraction of sp³-hybridized carbons (Fsp3) is 0.619. The van der Waals surface area contributed by atoms with Gasteiger partial charge in [0.1, 0.15) is 11.6 Å². The highest BCUT2D eigenvalue weighted by molar-refractivity contribution is 7.91. The summed E-state index contributed by atoms with van der Waals surface area (Å²) >= 11 is 0. The lowest BCUT2D eigenvalue weighted by atomic mass is 9.43. The molecule has 7 rings (SSSR count). The van der Waals surface area contributed by atoms with Crippen molar-refractivity contribution < 1.29 is 8.42 Å². The maximum absolute atomic E-state index is 11.8. The maximum Gasteiger partial charge on any atom is 0.152 e. The summed E-state index contributed by atoms with van der Waals surface area (Å²) in [5.74, 6) is 3.00. The fourth-order valence-electron chi connectivity index (χ4n) is 5.73. The second-order valence-electron chi connectivity index (χ2n) is 9.67. The highest BCUT2D eigenvalue weighted by Crippen LogP contribution is 2.69. The molecular formula is C21H27N5O2S. The van der Waals surface area contributed by atoms with Gasteiger partial charge in [-0.2, -0.15) is 0 Å². The number of sulfone groups is 1. The van der Waals surface area contributed by atoms with Gasteiger partial charge in [0.15, 0.2) is 9.84 Å². The number of aromatic nitrogens is 3. The number of nitrogens with two attached hydrogens (primary N) is 1. The molecule has 8 heteroatoms. The Morgan fingerprint density at radius 3 is 2.45 bits per heavy atom. The number of nitrogens with zero attached hydrogens (tertiary/aromatic N) is 4. The summed E-state index contributed by atoms with van der Waals surface area (Å²) < 4.78 is 26.0. The first-order chi connectivity index (χ1) is 13.8. The van der Waals surface area contributed by atoms with Crippen molar-refractivity contribution in [3.63, 3.8) is 0 Å². The van der Waals surface area contributed by atoms with Crippen LogP contribution in [-0.4, -0.2) is 58.0 Å². The molecule has 2 aromatic rings.